The summed E-state index contributed by atoms with van der Waals surface area (Å²) in [7, 11) is 0. The Balaban J connectivity index is 1.59. The minimum Gasteiger partial charge on any atom is -0.351 e. The molecule has 0 aliphatic carbocycles. The van der Waals surface area contributed by atoms with E-state index >= 15 is 0 Å². The number of pyridine rings is 2. The van der Waals surface area contributed by atoms with Crippen LogP contribution >= 0.6 is 0 Å². The number of nitrogens with zero attached hydrogens (tertiary/aromatic N) is 4. The summed E-state index contributed by atoms with van der Waals surface area (Å²) < 4.78 is 15.6. The Labute approximate surface area is 161 Å². The van der Waals surface area contributed by atoms with E-state index in [1.807, 2.05) is 28.7 Å². The molecule has 1 aromatic carbocycles. The molecule has 4 aromatic rings. The Morgan fingerprint density at radius 1 is 1.14 bits per heavy atom. The Kier molecular flexibility index (Phi) is 4.16. The second-order valence-electron chi connectivity index (χ2n) is 7.19. The first-order valence-corrected chi connectivity index (χ1v) is 9.57. The molecule has 7 heteroatoms. The molecule has 1 fully saturated rings. The highest BCUT2D eigenvalue weighted by molar-refractivity contribution is 6.05. The molecule has 0 atom stereocenters. The fourth-order valence-corrected chi connectivity index (χ4v) is 3.98. The minimum absolute atomic E-state index is 0.203. The highest BCUT2D eigenvalue weighted by Crippen LogP contribution is 2.25. The van der Waals surface area contributed by atoms with Crippen LogP contribution in [0.15, 0.2) is 42.6 Å². The third-order valence-corrected chi connectivity index (χ3v) is 5.33. The summed E-state index contributed by atoms with van der Waals surface area (Å²) in [6.07, 6.45) is 3.63. The summed E-state index contributed by atoms with van der Waals surface area (Å²) in [5.41, 5.74) is 3.16. The summed E-state index contributed by atoms with van der Waals surface area (Å²) in [5, 5.41) is 3.56. The van der Waals surface area contributed by atoms with Crippen LogP contribution in [0.1, 0.15) is 23.2 Å². The number of rotatable bonds is 4. The third kappa shape index (κ3) is 2.88. The summed E-state index contributed by atoms with van der Waals surface area (Å²) >= 11 is 0. The van der Waals surface area contributed by atoms with Crippen molar-refractivity contribution >= 4 is 33.6 Å². The van der Waals surface area contributed by atoms with Gasteiger partial charge in [0.05, 0.1) is 22.8 Å². The lowest BCUT2D eigenvalue weighted by molar-refractivity contribution is 0.0951. The number of carbonyl (C=O) groups is 1. The first-order chi connectivity index (χ1) is 13.7. The first kappa shape index (κ1) is 17.1. The molecule has 4 heterocycles. The number of nitrogens with one attached hydrogen (secondary N) is 1. The van der Waals surface area contributed by atoms with Crippen molar-refractivity contribution in [1.82, 2.24) is 24.6 Å². The largest absolute Gasteiger partial charge is 0.351 e. The van der Waals surface area contributed by atoms with E-state index in [1.165, 1.54) is 25.1 Å². The van der Waals surface area contributed by atoms with Crippen LogP contribution in [0.25, 0.3) is 27.7 Å². The predicted molar refractivity (Wildman–Crippen MR) is 106 cm³/mol. The average molecular weight is 377 g/mol. The van der Waals surface area contributed by atoms with E-state index in [4.69, 9.17) is 0 Å². The Morgan fingerprint density at radius 2 is 1.96 bits per heavy atom. The van der Waals surface area contributed by atoms with Crippen LogP contribution < -0.4 is 5.32 Å². The van der Waals surface area contributed by atoms with Gasteiger partial charge < -0.3 is 10.2 Å². The van der Waals surface area contributed by atoms with Crippen molar-refractivity contribution in [2.45, 2.75) is 12.8 Å². The first-order valence-electron chi connectivity index (χ1n) is 9.57. The smallest absolute Gasteiger partial charge is 0.255 e. The highest BCUT2D eigenvalue weighted by atomic mass is 19.1. The fourth-order valence-electron chi connectivity index (χ4n) is 3.98. The van der Waals surface area contributed by atoms with Crippen LogP contribution in [0.3, 0.4) is 0 Å². The Morgan fingerprint density at radius 3 is 2.82 bits per heavy atom. The molecule has 1 aliphatic rings. The fraction of sp³-hybridized carbons (Fsp3) is 0.286. The number of halogens is 1. The summed E-state index contributed by atoms with van der Waals surface area (Å²) in [4.78, 5) is 24.2. The number of imidazole rings is 1. The number of carbonyl (C=O) groups excluding carboxylic acids is 1. The monoisotopic (exact) mass is 377 g/mol. The van der Waals surface area contributed by atoms with Gasteiger partial charge in [0.15, 0.2) is 5.65 Å². The number of hydrogen-bond donors (Lipinski definition) is 1. The van der Waals surface area contributed by atoms with Crippen molar-refractivity contribution in [3.8, 4) is 0 Å². The zero-order valence-electron chi connectivity index (χ0n) is 15.4. The van der Waals surface area contributed by atoms with Crippen molar-refractivity contribution in [3.05, 3.63) is 54.0 Å². The van der Waals surface area contributed by atoms with Gasteiger partial charge in [-0.3, -0.25) is 9.20 Å². The van der Waals surface area contributed by atoms with Gasteiger partial charge in [0, 0.05) is 18.5 Å². The van der Waals surface area contributed by atoms with Crippen molar-refractivity contribution < 1.29 is 9.18 Å². The molecule has 0 radical (unpaired) electrons. The quantitative estimate of drug-likeness (QED) is 0.594. The standard InChI is InChI=1S/C21H20FN5O/c22-15-11-14-12-16(21(28)23-7-10-26-8-3-4-9-26)20-25-17-5-1-2-6-18(17)27(20)19(14)24-13-15/h1-2,5-6,11-13H,3-4,7-10H2,(H,23,28). The molecule has 0 spiro atoms. The van der Waals surface area contributed by atoms with Gasteiger partial charge in [0.2, 0.25) is 0 Å². The van der Waals surface area contributed by atoms with Gasteiger partial charge in [-0.1, -0.05) is 12.1 Å². The zero-order valence-corrected chi connectivity index (χ0v) is 15.4. The molecule has 1 aliphatic heterocycles. The molecule has 0 bridgehead atoms. The molecule has 3 aromatic heterocycles. The molecule has 142 valence electrons. The maximum absolute atomic E-state index is 13.8. The van der Waals surface area contributed by atoms with E-state index in [1.54, 1.807) is 6.07 Å². The van der Waals surface area contributed by atoms with E-state index < -0.39 is 5.82 Å². The van der Waals surface area contributed by atoms with Crippen molar-refractivity contribution in [1.29, 1.82) is 0 Å². The normalized spacial score (nSPS) is 15.0. The van der Waals surface area contributed by atoms with Crippen LogP contribution in [0.5, 0.6) is 0 Å². The summed E-state index contributed by atoms with van der Waals surface area (Å²) in [6.45, 7) is 3.59. The van der Waals surface area contributed by atoms with Crippen molar-refractivity contribution in [3.63, 3.8) is 0 Å². The van der Waals surface area contributed by atoms with Gasteiger partial charge in [-0.25, -0.2) is 14.4 Å². The molecule has 28 heavy (non-hydrogen) atoms. The Hall–Kier alpha value is -3.06. The van der Waals surface area contributed by atoms with Crippen molar-refractivity contribution in [2.75, 3.05) is 26.2 Å². The molecular weight excluding hydrogens is 357 g/mol. The lowest BCUT2D eigenvalue weighted by Crippen LogP contribution is -2.33. The van der Waals surface area contributed by atoms with Gasteiger partial charge in [0.25, 0.3) is 5.91 Å². The molecule has 1 amide bonds. The summed E-state index contributed by atoms with van der Waals surface area (Å²) in [6, 6.07) is 10.7. The van der Waals surface area contributed by atoms with Crippen molar-refractivity contribution in [2.24, 2.45) is 0 Å². The molecule has 1 saturated heterocycles. The number of para-hydroxylation sites is 2. The van der Waals surface area contributed by atoms with Gasteiger partial charge in [-0.2, -0.15) is 0 Å². The lowest BCUT2D eigenvalue weighted by Gasteiger charge is -2.15. The topological polar surface area (TPSA) is 62.5 Å². The van der Waals surface area contributed by atoms with Crippen LogP contribution in [-0.4, -0.2) is 51.4 Å². The molecule has 5 rings (SSSR count). The highest BCUT2D eigenvalue weighted by Gasteiger charge is 2.19. The van der Waals surface area contributed by atoms with Crippen LogP contribution in [0, 0.1) is 5.82 Å². The molecule has 6 nitrogen and oxygen atoms in total. The predicted octanol–water partition coefficient (Wildman–Crippen LogP) is 3.00. The molecule has 0 unspecified atom stereocenters. The van der Waals surface area contributed by atoms with E-state index in [-0.39, 0.29) is 5.91 Å². The second kappa shape index (κ2) is 6.83. The maximum Gasteiger partial charge on any atom is 0.255 e. The van der Waals surface area contributed by atoms with E-state index in [0.29, 0.717) is 28.8 Å². The number of amides is 1. The lowest BCUT2D eigenvalue weighted by atomic mass is 10.2. The van der Waals surface area contributed by atoms with Crippen LogP contribution in [0.4, 0.5) is 4.39 Å². The van der Waals surface area contributed by atoms with Gasteiger partial charge in [0.1, 0.15) is 11.5 Å². The number of benzene rings is 1. The van der Waals surface area contributed by atoms with E-state index in [9.17, 15) is 9.18 Å². The second-order valence-corrected chi connectivity index (χ2v) is 7.19. The number of hydrogen-bond acceptors (Lipinski definition) is 4. The average Bonchev–Trinajstić information content (AvgIpc) is 3.34. The van der Waals surface area contributed by atoms with E-state index in [2.05, 4.69) is 20.2 Å². The maximum atomic E-state index is 13.8. The number of aromatic nitrogens is 3. The zero-order chi connectivity index (χ0) is 19.1. The van der Waals surface area contributed by atoms with Crippen LogP contribution in [0.2, 0.25) is 0 Å². The molecule has 0 saturated carbocycles. The SMILES string of the molecule is O=C(NCCN1CCCC1)c1cc2cc(F)cnc2n2c1nc1ccccc12. The minimum atomic E-state index is -0.434. The number of likely N-dealkylation sites (tertiary alicyclic amines) is 1. The summed E-state index contributed by atoms with van der Waals surface area (Å²) in [5.74, 6) is -0.637. The van der Waals surface area contributed by atoms with Gasteiger partial charge in [-0.05, 0) is 50.2 Å². The Bertz CT molecular complexity index is 1200. The van der Waals surface area contributed by atoms with E-state index in [0.717, 1.165) is 30.7 Å². The van der Waals surface area contributed by atoms with Gasteiger partial charge >= 0.3 is 0 Å². The molecule has 1 N–H and O–H groups in total. The van der Waals surface area contributed by atoms with Gasteiger partial charge in [-0.15, -0.1) is 0 Å². The molecular formula is C21H20FN5O. The third-order valence-electron chi connectivity index (χ3n) is 5.33. The van der Waals surface area contributed by atoms with Crippen LogP contribution in [-0.2, 0) is 0 Å². The number of fused-ring (bicyclic) bond motifs is 5.